The number of rotatable bonds is 5. The van der Waals surface area contributed by atoms with Crippen LogP contribution in [0.25, 0.3) is 11.3 Å². The third-order valence-corrected chi connectivity index (χ3v) is 4.35. The van der Waals surface area contributed by atoms with Gasteiger partial charge in [0.05, 0.1) is 10.7 Å². The zero-order chi connectivity index (χ0) is 17.1. The molecule has 7 nitrogen and oxygen atoms in total. The molecule has 8 heteroatoms. The molecular weight excluding hydrogens is 328 g/mol. The van der Waals surface area contributed by atoms with E-state index in [0.717, 1.165) is 16.3 Å². The van der Waals surface area contributed by atoms with Crippen molar-refractivity contribution >= 4 is 34.9 Å². The Morgan fingerprint density at radius 2 is 2.21 bits per heavy atom. The maximum Gasteiger partial charge on any atom is 0.322 e. The van der Waals surface area contributed by atoms with Gasteiger partial charge >= 0.3 is 6.03 Å². The average Bonchev–Trinajstić information content (AvgIpc) is 3.11. The molecule has 1 atom stereocenters. The zero-order valence-corrected chi connectivity index (χ0v) is 13.8. The van der Waals surface area contributed by atoms with Gasteiger partial charge < -0.3 is 10.6 Å². The van der Waals surface area contributed by atoms with Crippen LogP contribution in [0.3, 0.4) is 0 Å². The Hall–Kier alpha value is -2.74. The number of imide groups is 1. The van der Waals surface area contributed by atoms with E-state index in [1.54, 1.807) is 17.4 Å². The van der Waals surface area contributed by atoms with Crippen LogP contribution in [-0.4, -0.2) is 28.9 Å². The van der Waals surface area contributed by atoms with Gasteiger partial charge in [-0.2, -0.15) is 0 Å². The molecule has 2 heterocycles. The fourth-order valence-electron chi connectivity index (χ4n) is 2.41. The van der Waals surface area contributed by atoms with Crippen molar-refractivity contribution in [1.29, 1.82) is 0 Å². The number of thiazole rings is 1. The van der Waals surface area contributed by atoms with Gasteiger partial charge in [0.2, 0.25) is 5.91 Å². The highest BCUT2D eigenvalue weighted by molar-refractivity contribution is 7.09. The molecule has 0 radical (unpaired) electrons. The van der Waals surface area contributed by atoms with Crippen LogP contribution in [0.15, 0.2) is 29.6 Å². The normalized spacial score (nSPS) is 16.6. The van der Waals surface area contributed by atoms with Crippen LogP contribution in [0.2, 0.25) is 0 Å². The molecule has 1 aromatic carbocycles. The minimum atomic E-state index is -0.646. The number of benzene rings is 1. The van der Waals surface area contributed by atoms with Crippen molar-refractivity contribution in [2.75, 3.05) is 5.32 Å². The van der Waals surface area contributed by atoms with E-state index in [9.17, 15) is 14.4 Å². The lowest BCUT2D eigenvalue weighted by atomic mass is 10.1. The van der Waals surface area contributed by atoms with E-state index in [2.05, 4.69) is 20.9 Å². The van der Waals surface area contributed by atoms with Crippen molar-refractivity contribution < 1.29 is 14.4 Å². The quantitative estimate of drug-likeness (QED) is 0.723. The SMILES string of the molecule is Cc1nc(-c2cccc(NC(=O)CC[C@H]3NC(=O)NC3=O)c2)cs1. The van der Waals surface area contributed by atoms with Gasteiger partial charge in [-0.25, -0.2) is 9.78 Å². The van der Waals surface area contributed by atoms with Gasteiger partial charge in [-0.1, -0.05) is 12.1 Å². The molecule has 0 aliphatic carbocycles. The second-order valence-corrected chi connectivity index (χ2v) is 6.50. The lowest BCUT2D eigenvalue weighted by Gasteiger charge is -2.09. The topological polar surface area (TPSA) is 100 Å². The van der Waals surface area contributed by atoms with Crippen molar-refractivity contribution in [1.82, 2.24) is 15.6 Å². The molecule has 124 valence electrons. The summed E-state index contributed by atoms with van der Waals surface area (Å²) >= 11 is 1.57. The van der Waals surface area contributed by atoms with Crippen LogP contribution in [0.5, 0.6) is 0 Å². The Kier molecular flexibility index (Phi) is 4.57. The summed E-state index contributed by atoms with van der Waals surface area (Å²) in [4.78, 5) is 38.9. The molecule has 0 spiro atoms. The third kappa shape index (κ3) is 3.77. The van der Waals surface area contributed by atoms with Crippen LogP contribution in [0.4, 0.5) is 10.5 Å². The van der Waals surface area contributed by atoms with E-state index < -0.39 is 18.0 Å². The maximum atomic E-state index is 12.0. The maximum absolute atomic E-state index is 12.0. The highest BCUT2D eigenvalue weighted by Crippen LogP contribution is 2.24. The van der Waals surface area contributed by atoms with Gasteiger partial charge in [0, 0.05) is 23.1 Å². The first-order valence-corrected chi connectivity index (χ1v) is 8.33. The number of aryl methyl sites for hydroxylation is 1. The number of amides is 4. The standard InChI is InChI=1S/C16H16N4O3S/c1-9-17-13(8-24-9)10-3-2-4-11(7-10)18-14(21)6-5-12-15(22)20-16(23)19-12/h2-4,7-8,12H,5-6H2,1H3,(H,18,21)(H2,19,20,22,23)/t12-/m1/s1. The van der Waals surface area contributed by atoms with E-state index in [0.29, 0.717) is 5.69 Å². The Morgan fingerprint density at radius 3 is 2.88 bits per heavy atom. The molecule has 1 saturated heterocycles. The summed E-state index contributed by atoms with van der Waals surface area (Å²) in [5.41, 5.74) is 2.47. The number of carbonyl (C=O) groups excluding carboxylic acids is 3. The number of carbonyl (C=O) groups is 3. The Bertz CT molecular complexity index is 802. The Morgan fingerprint density at radius 1 is 1.38 bits per heavy atom. The number of hydrogen-bond acceptors (Lipinski definition) is 5. The van der Waals surface area contributed by atoms with E-state index in [-0.39, 0.29) is 18.7 Å². The molecule has 0 unspecified atom stereocenters. The van der Waals surface area contributed by atoms with Crippen molar-refractivity contribution in [2.24, 2.45) is 0 Å². The van der Waals surface area contributed by atoms with Gasteiger partial charge in [-0.15, -0.1) is 11.3 Å². The molecule has 4 amide bonds. The number of anilines is 1. The second kappa shape index (κ2) is 6.79. The molecule has 0 bridgehead atoms. The lowest BCUT2D eigenvalue weighted by molar-refractivity contribution is -0.120. The van der Waals surface area contributed by atoms with Crippen LogP contribution in [-0.2, 0) is 9.59 Å². The predicted octanol–water partition coefficient (Wildman–Crippen LogP) is 2.05. The molecule has 2 aromatic rings. The predicted molar refractivity (Wildman–Crippen MR) is 90.6 cm³/mol. The van der Waals surface area contributed by atoms with E-state index in [1.807, 2.05) is 30.5 Å². The first-order chi connectivity index (χ1) is 11.5. The van der Waals surface area contributed by atoms with Crippen LogP contribution >= 0.6 is 11.3 Å². The fraction of sp³-hybridized carbons (Fsp3) is 0.250. The molecule has 3 N–H and O–H groups in total. The first kappa shape index (κ1) is 16.1. The monoisotopic (exact) mass is 344 g/mol. The van der Waals surface area contributed by atoms with E-state index in [1.165, 1.54) is 0 Å². The van der Waals surface area contributed by atoms with Crippen molar-refractivity contribution in [3.63, 3.8) is 0 Å². The average molecular weight is 344 g/mol. The van der Waals surface area contributed by atoms with Gasteiger partial charge in [0.25, 0.3) is 5.91 Å². The van der Waals surface area contributed by atoms with Gasteiger partial charge in [0.1, 0.15) is 6.04 Å². The molecular formula is C16H16N4O3S. The lowest BCUT2D eigenvalue weighted by Crippen LogP contribution is -2.30. The van der Waals surface area contributed by atoms with Crippen molar-refractivity contribution in [3.05, 3.63) is 34.7 Å². The summed E-state index contributed by atoms with van der Waals surface area (Å²) in [6, 6.07) is 6.28. The third-order valence-electron chi connectivity index (χ3n) is 3.58. The molecule has 1 aliphatic heterocycles. The van der Waals surface area contributed by atoms with E-state index >= 15 is 0 Å². The minimum absolute atomic E-state index is 0.137. The molecule has 0 saturated carbocycles. The minimum Gasteiger partial charge on any atom is -0.326 e. The Balaban J connectivity index is 1.58. The zero-order valence-electron chi connectivity index (χ0n) is 13.0. The van der Waals surface area contributed by atoms with Gasteiger partial charge in [-0.3, -0.25) is 14.9 Å². The highest BCUT2D eigenvalue weighted by Gasteiger charge is 2.29. The summed E-state index contributed by atoms with van der Waals surface area (Å²) in [6.07, 6.45) is 0.396. The molecule has 1 aliphatic rings. The van der Waals surface area contributed by atoms with Gasteiger partial charge in [-0.05, 0) is 25.5 Å². The van der Waals surface area contributed by atoms with Crippen LogP contribution in [0, 0.1) is 6.92 Å². The summed E-state index contributed by atoms with van der Waals surface area (Å²) in [6.45, 7) is 1.94. The molecule has 1 fully saturated rings. The summed E-state index contributed by atoms with van der Waals surface area (Å²) in [5.74, 6) is -0.607. The number of nitrogens with zero attached hydrogens (tertiary/aromatic N) is 1. The number of aromatic nitrogens is 1. The first-order valence-electron chi connectivity index (χ1n) is 7.45. The molecule has 3 rings (SSSR count). The molecule has 1 aromatic heterocycles. The van der Waals surface area contributed by atoms with Gasteiger partial charge in [0.15, 0.2) is 0 Å². The highest BCUT2D eigenvalue weighted by atomic mass is 32.1. The van der Waals surface area contributed by atoms with E-state index in [4.69, 9.17) is 0 Å². The van der Waals surface area contributed by atoms with Crippen molar-refractivity contribution in [3.8, 4) is 11.3 Å². The largest absolute Gasteiger partial charge is 0.326 e. The second-order valence-electron chi connectivity index (χ2n) is 5.43. The number of hydrogen-bond donors (Lipinski definition) is 3. The number of nitrogens with one attached hydrogen (secondary N) is 3. The van der Waals surface area contributed by atoms with Crippen LogP contribution < -0.4 is 16.0 Å². The summed E-state index contributed by atoms with van der Waals surface area (Å²) in [7, 11) is 0. The number of urea groups is 1. The van der Waals surface area contributed by atoms with Crippen molar-refractivity contribution in [2.45, 2.75) is 25.8 Å². The summed E-state index contributed by atoms with van der Waals surface area (Å²) < 4.78 is 0. The smallest absolute Gasteiger partial charge is 0.322 e. The molecule has 24 heavy (non-hydrogen) atoms. The summed E-state index contributed by atoms with van der Waals surface area (Å²) in [5, 5.41) is 10.4. The fourth-order valence-corrected chi connectivity index (χ4v) is 3.04. The Labute approximate surface area is 142 Å². The van der Waals surface area contributed by atoms with Crippen LogP contribution in [0.1, 0.15) is 17.8 Å².